The summed E-state index contributed by atoms with van der Waals surface area (Å²) in [6.07, 6.45) is 1.32. The monoisotopic (exact) mass is 463 g/mol. The van der Waals surface area contributed by atoms with Crippen molar-refractivity contribution in [1.29, 1.82) is 0 Å². The van der Waals surface area contributed by atoms with Crippen molar-refractivity contribution in [2.75, 3.05) is 31.7 Å². The molecule has 0 amide bonds. The average molecular weight is 464 g/mol. The minimum Gasteiger partial charge on any atom is -0.472 e. The van der Waals surface area contributed by atoms with Gasteiger partial charge in [0, 0.05) is 33.2 Å². The summed E-state index contributed by atoms with van der Waals surface area (Å²) in [6, 6.07) is 13.3. The molecule has 4 rings (SSSR count). The molecule has 1 fully saturated rings. The van der Waals surface area contributed by atoms with Gasteiger partial charge >= 0.3 is 0 Å². The van der Waals surface area contributed by atoms with Crippen LogP contribution in [0.25, 0.3) is 11.0 Å². The van der Waals surface area contributed by atoms with Crippen molar-refractivity contribution >= 4 is 38.5 Å². The Kier molecular flexibility index (Phi) is 6.29. The van der Waals surface area contributed by atoms with Crippen molar-refractivity contribution in [3.63, 3.8) is 0 Å². The molecule has 8 nitrogen and oxygen atoms in total. The molecule has 2 aromatic carbocycles. The van der Waals surface area contributed by atoms with Crippen molar-refractivity contribution < 1.29 is 22.6 Å². The molecule has 1 aromatic heterocycles. The second-order valence-electron chi connectivity index (χ2n) is 7.19. The van der Waals surface area contributed by atoms with Gasteiger partial charge in [0.1, 0.15) is 17.1 Å². The fraction of sp³-hybridized carbons (Fsp3) is 0.333. The first kappa shape index (κ1) is 21.8. The largest absolute Gasteiger partial charge is 0.472 e. The fourth-order valence-corrected chi connectivity index (χ4v) is 4.87. The molecule has 0 atom stereocenters. The lowest BCUT2D eigenvalue weighted by Crippen LogP contribution is -2.43. The summed E-state index contributed by atoms with van der Waals surface area (Å²) in [5.74, 6) is 0.0502. The minimum absolute atomic E-state index is 0.0167. The van der Waals surface area contributed by atoms with E-state index in [0.29, 0.717) is 37.1 Å². The Labute approximate surface area is 185 Å². The summed E-state index contributed by atoms with van der Waals surface area (Å²) in [4.78, 5) is 8.88. The molecule has 0 radical (unpaired) electrons. The standard InChI is InChI=1S/C21H22ClN3O5S/c1-28-21(10-12-29-13-11-21)14-30-20-19(23-16-7-3-4-8-17(16)24-20)25-31(26,27)18-9-5-2-6-15(18)22/h2-9H,10-14H2,1H3,(H,23,25). The Morgan fingerprint density at radius 3 is 2.39 bits per heavy atom. The molecule has 10 heteroatoms. The molecule has 1 N–H and O–H groups in total. The fourth-order valence-electron chi connectivity index (χ4n) is 3.35. The molecule has 2 heterocycles. The van der Waals surface area contributed by atoms with E-state index in [-0.39, 0.29) is 28.2 Å². The molecule has 0 aliphatic carbocycles. The zero-order chi connectivity index (χ0) is 21.9. The van der Waals surface area contributed by atoms with Gasteiger partial charge in [-0.15, -0.1) is 0 Å². The number of hydrogen-bond acceptors (Lipinski definition) is 7. The predicted octanol–water partition coefficient (Wildman–Crippen LogP) is 3.66. The van der Waals surface area contributed by atoms with Gasteiger partial charge in [-0.05, 0) is 24.3 Å². The maximum Gasteiger partial charge on any atom is 0.264 e. The first-order valence-corrected chi connectivity index (χ1v) is 11.6. The van der Waals surface area contributed by atoms with Gasteiger partial charge < -0.3 is 14.2 Å². The van der Waals surface area contributed by atoms with Gasteiger partial charge in [0.25, 0.3) is 15.9 Å². The molecular formula is C21H22ClN3O5S. The number of anilines is 1. The summed E-state index contributed by atoms with van der Waals surface area (Å²) < 4.78 is 45.5. The van der Waals surface area contributed by atoms with E-state index in [1.54, 1.807) is 37.4 Å². The molecule has 0 unspecified atom stereocenters. The number of nitrogens with one attached hydrogen (secondary N) is 1. The maximum absolute atomic E-state index is 13.0. The first-order valence-electron chi connectivity index (χ1n) is 9.72. The van der Waals surface area contributed by atoms with E-state index in [9.17, 15) is 8.42 Å². The molecule has 3 aromatic rings. The molecule has 0 saturated carbocycles. The third kappa shape index (κ3) is 4.74. The van der Waals surface area contributed by atoms with Crippen LogP contribution in [0.4, 0.5) is 5.82 Å². The summed E-state index contributed by atoms with van der Waals surface area (Å²) in [6.45, 7) is 1.31. The normalized spacial score (nSPS) is 16.2. The van der Waals surface area contributed by atoms with Crippen LogP contribution in [0.1, 0.15) is 12.8 Å². The highest BCUT2D eigenvalue weighted by molar-refractivity contribution is 7.92. The number of ether oxygens (including phenoxy) is 3. The van der Waals surface area contributed by atoms with Gasteiger partial charge in [-0.25, -0.2) is 18.4 Å². The van der Waals surface area contributed by atoms with Crippen molar-refractivity contribution in [2.45, 2.75) is 23.3 Å². The van der Waals surface area contributed by atoms with E-state index < -0.39 is 15.6 Å². The summed E-state index contributed by atoms with van der Waals surface area (Å²) >= 11 is 6.09. The predicted molar refractivity (Wildman–Crippen MR) is 117 cm³/mol. The topological polar surface area (TPSA) is 99.6 Å². The van der Waals surface area contributed by atoms with Gasteiger partial charge in [0.15, 0.2) is 0 Å². The van der Waals surface area contributed by atoms with E-state index in [4.69, 9.17) is 25.8 Å². The van der Waals surface area contributed by atoms with Gasteiger partial charge in [0.05, 0.1) is 16.1 Å². The molecule has 164 valence electrons. The molecule has 31 heavy (non-hydrogen) atoms. The second kappa shape index (κ2) is 8.96. The number of rotatable bonds is 7. The molecule has 1 aliphatic heterocycles. The third-order valence-electron chi connectivity index (χ3n) is 5.20. The van der Waals surface area contributed by atoms with Crippen LogP contribution in [0.5, 0.6) is 5.88 Å². The van der Waals surface area contributed by atoms with Crippen LogP contribution in [0.15, 0.2) is 53.4 Å². The lowest BCUT2D eigenvalue weighted by atomic mass is 9.95. The van der Waals surface area contributed by atoms with Gasteiger partial charge in [-0.1, -0.05) is 35.9 Å². The number of sulfonamides is 1. The molecule has 1 aliphatic rings. The van der Waals surface area contributed by atoms with Gasteiger partial charge in [-0.2, -0.15) is 0 Å². The van der Waals surface area contributed by atoms with E-state index in [1.165, 1.54) is 12.1 Å². The zero-order valence-electron chi connectivity index (χ0n) is 16.9. The number of nitrogens with zero attached hydrogens (tertiary/aromatic N) is 2. The van der Waals surface area contributed by atoms with Crippen LogP contribution in [-0.2, 0) is 19.5 Å². The van der Waals surface area contributed by atoms with Crippen LogP contribution >= 0.6 is 11.6 Å². The SMILES string of the molecule is COC1(COc2nc3ccccc3nc2NS(=O)(=O)c2ccccc2Cl)CCOCC1. The van der Waals surface area contributed by atoms with E-state index in [1.807, 2.05) is 6.07 Å². The first-order chi connectivity index (χ1) is 14.9. The number of halogens is 1. The highest BCUT2D eigenvalue weighted by Crippen LogP contribution is 2.31. The van der Waals surface area contributed by atoms with Crippen molar-refractivity contribution in [2.24, 2.45) is 0 Å². The Balaban J connectivity index is 1.69. The number of hydrogen-bond donors (Lipinski definition) is 1. The second-order valence-corrected chi connectivity index (χ2v) is 9.25. The van der Waals surface area contributed by atoms with E-state index in [0.717, 1.165) is 0 Å². The molecule has 0 spiro atoms. The number of aromatic nitrogens is 2. The lowest BCUT2D eigenvalue weighted by molar-refractivity contribution is -0.110. The Morgan fingerprint density at radius 1 is 1.06 bits per heavy atom. The van der Waals surface area contributed by atoms with Crippen molar-refractivity contribution in [1.82, 2.24) is 9.97 Å². The van der Waals surface area contributed by atoms with E-state index in [2.05, 4.69) is 14.7 Å². The third-order valence-corrected chi connectivity index (χ3v) is 7.04. The van der Waals surface area contributed by atoms with Crippen molar-refractivity contribution in [3.8, 4) is 5.88 Å². The highest BCUT2D eigenvalue weighted by Gasteiger charge is 2.34. The highest BCUT2D eigenvalue weighted by atomic mass is 35.5. The minimum atomic E-state index is -4.01. The summed E-state index contributed by atoms with van der Waals surface area (Å²) in [7, 11) is -2.39. The molecular weight excluding hydrogens is 442 g/mol. The van der Waals surface area contributed by atoms with Crippen LogP contribution in [0, 0.1) is 0 Å². The summed E-state index contributed by atoms with van der Waals surface area (Å²) in [5, 5.41) is 0.103. The number of benzene rings is 2. The lowest BCUT2D eigenvalue weighted by Gasteiger charge is -2.35. The van der Waals surface area contributed by atoms with Crippen LogP contribution in [-0.4, -0.2) is 50.9 Å². The van der Waals surface area contributed by atoms with Crippen LogP contribution in [0.2, 0.25) is 5.02 Å². The maximum atomic E-state index is 13.0. The molecule has 1 saturated heterocycles. The smallest absolute Gasteiger partial charge is 0.264 e. The molecule has 0 bridgehead atoms. The van der Waals surface area contributed by atoms with Crippen LogP contribution in [0.3, 0.4) is 0 Å². The number of fused-ring (bicyclic) bond motifs is 1. The van der Waals surface area contributed by atoms with Crippen molar-refractivity contribution in [3.05, 3.63) is 53.6 Å². The Hall–Kier alpha value is -2.46. The zero-order valence-corrected chi connectivity index (χ0v) is 18.4. The summed E-state index contributed by atoms with van der Waals surface area (Å²) in [5.41, 5.74) is 0.570. The van der Waals surface area contributed by atoms with Gasteiger partial charge in [-0.3, -0.25) is 4.72 Å². The van der Waals surface area contributed by atoms with Crippen LogP contribution < -0.4 is 9.46 Å². The Morgan fingerprint density at radius 2 is 1.71 bits per heavy atom. The Bertz CT molecular complexity index is 1180. The number of methoxy groups -OCH3 is 1. The number of para-hydroxylation sites is 2. The quantitative estimate of drug-likeness (QED) is 0.570. The average Bonchev–Trinajstić information content (AvgIpc) is 2.78. The van der Waals surface area contributed by atoms with Gasteiger partial charge in [0.2, 0.25) is 5.82 Å². The van der Waals surface area contributed by atoms with E-state index >= 15 is 0 Å².